The maximum absolute atomic E-state index is 13.1. The Kier molecular flexibility index (Phi) is 27.0. The predicted molar refractivity (Wildman–Crippen MR) is 435 cm³/mol. The van der Waals surface area contributed by atoms with Crippen molar-refractivity contribution < 1.29 is 38.4 Å². The highest BCUT2D eigenvalue weighted by molar-refractivity contribution is 5.88. The molecule has 2 saturated carbocycles. The van der Waals surface area contributed by atoms with Gasteiger partial charge in [-0.3, -0.25) is 19.3 Å². The quantitative estimate of drug-likeness (QED) is 0.0617. The van der Waals surface area contributed by atoms with Crippen LogP contribution >= 0.6 is 0 Å². The first-order valence-corrected chi connectivity index (χ1v) is 39.2. The van der Waals surface area contributed by atoms with Gasteiger partial charge in [0.1, 0.15) is 59.5 Å². The summed E-state index contributed by atoms with van der Waals surface area (Å²) in [4.78, 5) is 66.6. The van der Waals surface area contributed by atoms with Crippen LogP contribution in [0.15, 0.2) is 110 Å². The smallest absolute Gasteiger partial charge is 0.225 e. The highest BCUT2D eigenvalue weighted by Crippen LogP contribution is 2.49. The minimum atomic E-state index is -0.755. The second kappa shape index (κ2) is 37.9. The molecular weight excluding hydrogens is 1440 g/mol. The number of aliphatic hydroxyl groups excluding tert-OH is 1. The molecule has 3 aliphatic heterocycles. The van der Waals surface area contributed by atoms with Crippen molar-refractivity contribution in [2.75, 3.05) is 140 Å². The molecule has 0 bridgehead atoms. The van der Waals surface area contributed by atoms with Gasteiger partial charge in [-0.25, -0.2) is 28.5 Å². The Balaban J connectivity index is 0.000000158. The Morgan fingerprint density at radius 3 is 1.32 bits per heavy atom. The highest BCUT2D eigenvalue weighted by atomic mass is 16.5. The molecule has 2 aliphatic carbocycles. The van der Waals surface area contributed by atoms with Gasteiger partial charge in [-0.1, -0.05) is 23.7 Å². The van der Waals surface area contributed by atoms with E-state index in [1.807, 2.05) is 137 Å². The van der Waals surface area contributed by atoms with Crippen molar-refractivity contribution in [3.05, 3.63) is 127 Å². The number of carbonyl (C=O) groups is 3. The highest BCUT2D eigenvalue weighted by Gasteiger charge is 2.44. The van der Waals surface area contributed by atoms with Crippen LogP contribution in [-0.4, -0.2) is 224 Å². The third-order valence-electron chi connectivity index (χ3n) is 20.3. The summed E-state index contributed by atoms with van der Waals surface area (Å²) in [6.45, 7) is 22.5. The van der Waals surface area contributed by atoms with Gasteiger partial charge in [0.2, 0.25) is 17.7 Å². The molecule has 12 heterocycles. The largest absolute Gasteiger partial charge is 0.492 e. The van der Waals surface area contributed by atoms with E-state index >= 15 is 0 Å². The number of aliphatic hydroxyl groups is 1. The number of piperazine rings is 3. The molecule has 0 aromatic carbocycles. The van der Waals surface area contributed by atoms with Crippen LogP contribution in [0.3, 0.4) is 0 Å². The van der Waals surface area contributed by atoms with Crippen LogP contribution < -0.4 is 28.9 Å². The minimum Gasteiger partial charge on any atom is -0.492 e. The third kappa shape index (κ3) is 21.1. The van der Waals surface area contributed by atoms with Gasteiger partial charge in [-0.05, 0) is 142 Å². The van der Waals surface area contributed by atoms with Crippen LogP contribution in [0.5, 0.6) is 17.2 Å². The Hall–Kier alpha value is -12.2. The summed E-state index contributed by atoms with van der Waals surface area (Å²) in [6, 6.07) is 24.4. The van der Waals surface area contributed by atoms with Gasteiger partial charge in [0, 0.05) is 168 Å². The number of carbonyl (C=O) groups excluding carboxylic acids is 3. The lowest BCUT2D eigenvalue weighted by atomic mass is 10.0. The van der Waals surface area contributed by atoms with Crippen molar-refractivity contribution in [2.45, 2.75) is 117 Å². The van der Waals surface area contributed by atoms with E-state index in [9.17, 15) is 35.3 Å². The van der Waals surface area contributed by atoms with Crippen LogP contribution in [0.4, 0.5) is 17.5 Å². The average molecular weight is 1540 g/mol. The van der Waals surface area contributed by atoms with Gasteiger partial charge >= 0.3 is 0 Å². The minimum absolute atomic E-state index is 0.0535. The summed E-state index contributed by atoms with van der Waals surface area (Å²) in [5.74, 6) is 24.5. The maximum Gasteiger partial charge on any atom is 0.225 e. The molecule has 590 valence electrons. The van der Waals surface area contributed by atoms with E-state index in [4.69, 9.17) is 28.9 Å². The number of pyridine rings is 6. The molecular formula is C87H99N19O8. The van der Waals surface area contributed by atoms with E-state index in [1.54, 1.807) is 61.8 Å². The zero-order valence-electron chi connectivity index (χ0n) is 66.4. The normalized spacial score (nSPS) is 15.3. The second-order valence-electron chi connectivity index (χ2n) is 30.1. The van der Waals surface area contributed by atoms with Gasteiger partial charge in [-0.2, -0.15) is 31.1 Å². The fourth-order valence-electron chi connectivity index (χ4n) is 13.8. The third-order valence-corrected chi connectivity index (χ3v) is 20.3. The zero-order valence-corrected chi connectivity index (χ0v) is 66.4. The molecule has 5 fully saturated rings. The number of rotatable bonds is 22. The molecule has 3 saturated heterocycles. The van der Waals surface area contributed by atoms with Crippen LogP contribution in [0.1, 0.15) is 122 Å². The molecule has 27 heteroatoms. The molecule has 1 N–H and O–H groups in total. The van der Waals surface area contributed by atoms with Crippen molar-refractivity contribution in [2.24, 2.45) is 11.3 Å². The molecule has 114 heavy (non-hydrogen) atoms. The fraction of sp³-hybridized carbons (Fsp3) is 0.448. The predicted octanol–water partition coefficient (Wildman–Crippen LogP) is 10.2. The molecule has 14 rings (SSSR count). The monoisotopic (exact) mass is 1540 g/mol. The Morgan fingerprint density at radius 1 is 0.544 bits per heavy atom. The number of hydrogen-bond donors (Lipinski definition) is 1. The average Bonchev–Trinajstić information content (AvgIpc) is 1.56. The molecule has 1 atom stereocenters. The molecule has 27 nitrogen and oxygen atoms in total. The summed E-state index contributed by atoms with van der Waals surface area (Å²) >= 11 is 0. The topological polar surface area (TPSA) is 293 Å². The van der Waals surface area contributed by atoms with Crippen LogP contribution in [0.2, 0.25) is 0 Å². The summed E-state index contributed by atoms with van der Waals surface area (Å²) in [5, 5.41) is 51.8. The number of fused-ring (bicyclic) bond motifs is 3. The number of hydrogen-bond acceptors (Lipinski definition) is 21. The second-order valence-corrected chi connectivity index (χ2v) is 30.1. The van der Waals surface area contributed by atoms with E-state index in [-0.39, 0.29) is 35.2 Å². The fourth-order valence-corrected chi connectivity index (χ4v) is 13.8. The first-order chi connectivity index (χ1) is 55.2. The van der Waals surface area contributed by atoms with E-state index in [1.165, 1.54) is 12.8 Å². The molecule has 0 radical (unpaired) electrons. The Labute approximate surface area is 666 Å². The Bertz CT molecular complexity index is 5190. The zero-order chi connectivity index (χ0) is 80.3. The van der Waals surface area contributed by atoms with Crippen LogP contribution in [0, 0.1) is 80.8 Å². The van der Waals surface area contributed by atoms with Crippen molar-refractivity contribution >= 4 is 51.7 Å². The van der Waals surface area contributed by atoms with Gasteiger partial charge < -0.3 is 53.5 Å². The van der Waals surface area contributed by atoms with E-state index in [0.29, 0.717) is 150 Å². The van der Waals surface area contributed by atoms with Gasteiger partial charge in [-0.15, -0.1) is 11.8 Å². The van der Waals surface area contributed by atoms with Crippen molar-refractivity contribution in [3.63, 3.8) is 0 Å². The lowest BCUT2D eigenvalue weighted by molar-refractivity contribution is -0.134. The van der Waals surface area contributed by atoms with Gasteiger partial charge in [0.25, 0.3) is 0 Å². The molecule has 9 aromatic heterocycles. The van der Waals surface area contributed by atoms with E-state index < -0.39 is 6.10 Å². The van der Waals surface area contributed by atoms with Crippen molar-refractivity contribution in [3.8, 4) is 104 Å². The molecule has 5 aliphatic rings. The molecule has 0 spiro atoms. The van der Waals surface area contributed by atoms with Gasteiger partial charge in [0.05, 0.1) is 115 Å². The lowest BCUT2D eigenvalue weighted by Crippen LogP contribution is -2.49. The number of nitriles is 3. The number of amides is 3. The number of ether oxygens (including phenoxy) is 4. The van der Waals surface area contributed by atoms with E-state index in [2.05, 4.69) is 88.7 Å². The first kappa shape index (κ1) is 81.3. The SMILES string of the molecule is CCOc1cc(-c2ccc(N3CCN(C(=O)CC(O)CC#CCN(C)C)CC3)nc2)c2c(C#N)cnn2c1.CCOc1cc(-c2ccc(N3CCN(C(=O)CC4(C#CCOC(C)(C)C)CC4)CC3)nc2)c2c(C#N)cnn2c1.CCOc1cc(-c2ccc(N3CCN(C(=O)CCC#CCC4CC4)CC3)nc2)c2c(C#N)cnn2c1. The summed E-state index contributed by atoms with van der Waals surface area (Å²) in [5.41, 5.74) is 8.43. The van der Waals surface area contributed by atoms with E-state index in [0.717, 1.165) is 113 Å². The molecule has 1 unspecified atom stereocenters. The van der Waals surface area contributed by atoms with Crippen molar-refractivity contribution in [1.29, 1.82) is 15.8 Å². The first-order valence-electron chi connectivity index (χ1n) is 39.2. The molecule has 9 aromatic rings. The lowest BCUT2D eigenvalue weighted by Gasteiger charge is -2.36. The number of anilines is 3. The summed E-state index contributed by atoms with van der Waals surface area (Å²) in [7, 11) is 3.87. The summed E-state index contributed by atoms with van der Waals surface area (Å²) in [6.07, 6.45) is 22.3. The van der Waals surface area contributed by atoms with Crippen molar-refractivity contribution in [1.82, 2.24) is 63.4 Å². The Morgan fingerprint density at radius 2 is 0.956 bits per heavy atom. The van der Waals surface area contributed by atoms with Gasteiger partial charge in [0.15, 0.2) is 0 Å². The number of nitrogens with zero attached hydrogens (tertiary/aromatic N) is 19. The standard InChI is InChI=1S/C31H36N6O3.C28H33N7O3.C28H30N6O2/c1-5-39-25-17-26(29-24(19-32)21-34-37(29)22-25)23-7-8-27(33-20-23)35-12-14-36(15-13-35)28(38)18-31(10-11-31)9-6-16-40-30(2,3)4;1-4-38-24-16-25(28-22(17-29)19-31-35(28)20-24)21-8-9-26(30-18-21)33-11-13-34(14-12-33)27(37)15-23(36)7-5-6-10-32(2)3;1-2-36-24-16-25(28-23(17-29)19-31-34(28)20-24)22-10-11-26(30-18-22)32-12-14-33(15-13-32)27(35)7-5-3-4-6-21-8-9-21/h7-8,17,20-22H,5,10-16,18H2,1-4H3;8-9,16,18-20,23,36H,4,7,10-15H2,1-3H3;10-11,16,18-21H,2,5-9,12-15H2,1H3. The van der Waals surface area contributed by atoms with Crippen LogP contribution in [0.25, 0.3) is 49.9 Å². The maximum atomic E-state index is 13.1. The molecule has 3 amide bonds. The van der Waals surface area contributed by atoms with Crippen LogP contribution in [-0.2, 0) is 19.1 Å². The number of aromatic nitrogens is 9. The summed E-state index contributed by atoms with van der Waals surface area (Å²) < 4.78 is 27.8.